The maximum atomic E-state index is 3.88. The number of allylic oxidation sites excluding steroid dienone is 5. The lowest BCUT2D eigenvalue weighted by atomic mass is 9.82. The lowest BCUT2D eigenvalue weighted by Gasteiger charge is -2.21. The second kappa shape index (κ2) is 4.49. The van der Waals surface area contributed by atoms with Crippen LogP contribution in [0.3, 0.4) is 0 Å². The van der Waals surface area contributed by atoms with E-state index in [-0.39, 0.29) is 5.41 Å². The molecule has 0 unspecified atom stereocenters. The summed E-state index contributed by atoms with van der Waals surface area (Å²) in [6.07, 6.45) is 6.29. The van der Waals surface area contributed by atoms with Gasteiger partial charge in [0.15, 0.2) is 0 Å². The van der Waals surface area contributed by atoms with Crippen molar-refractivity contribution in [3.8, 4) is 0 Å². The highest BCUT2D eigenvalue weighted by Gasteiger charge is 2.38. The Bertz CT molecular complexity index is 755. The Balaban J connectivity index is 2.45. The highest BCUT2D eigenvalue weighted by Crippen LogP contribution is 2.51. The van der Waals surface area contributed by atoms with Crippen LogP contribution in [0.15, 0.2) is 66.8 Å². The van der Waals surface area contributed by atoms with Crippen molar-refractivity contribution in [2.75, 3.05) is 0 Å². The van der Waals surface area contributed by atoms with Crippen molar-refractivity contribution >= 4 is 16.3 Å². The quantitative estimate of drug-likeness (QED) is 0.622. The van der Waals surface area contributed by atoms with Crippen LogP contribution in [0.1, 0.15) is 31.9 Å². The first kappa shape index (κ1) is 12.9. The van der Waals surface area contributed by atoms with Crippen molar-refractivity contribution in [2.24, 2.45) is 0 Å². The fraction of sp³-hybridized carbons (Fsp3) is 0.200. The SMILES string of the molecule is C=C/C=C1\C(=C/C)c2c(ccc3ccccc23)C1(C)C. The first-order chi connectivity index (χ1) is 9.61. The zero-order valence-electron chi connectivity index (χ0n) is 12.4. The van der Waals surface area contributed by atoms with Crippen LogP contribution in [0.2, 0.25) is 0 Å². The van der Waals surface area contributed by atoms with Gasteiger partial charge in [-0.2, -0.15) is 0 Å². The van der Waals surface area contributed by atoms with Gasteiger partial charge in [0.25, 0.3) is 0 Å². The molecule has 1 aliphatic rings. The van der Waals surface area contributed by atoms with Gasteiger partial charge in [-0.25, -0.2) is 0 Å². The molecule has 0 amide bonds. The molecule has 0 N–H and O–H groups in total. The second-order valence-corrected chi connectivity index (χ2v) is 5.85. The predicted molar refractivity (Wildman–Crippen MR) is 88.9 cm³/mol. The normalized spacial score (nSPS) is 20.6. The molecule has 0 fully saturated rings. The predicted octanol–water partition coefficient (Wildman–Crippen LogP) is 5.65. The van der Waals surface area contributed by atoms with Gasteiger partial charge in [-0.15, -0.1) is 0 Å². The lowest BCUT2D eigenvalue weighted by molar-refractivity contribution is 0.661. The van der Waals surface area contributed by atoms with E-state index in [9.17, 15) is 0 Å². The molecule has 0 radical (unpaired) electrons. The maximum absolute atomic E-state index is 3.88. The molecule has 20 heavy (non-hydrogen) atoms. The molecule has 0 heteroatoms. The molecule has 100 valence electrons. The molecule has 0 saturated carbocycles. The van der Waals surface area contributed by atoms with Gasteiger partial charge in [0.1, 0.15) is 0 Å². The fourth-order valence-corrected chi connectivity index (χ4v) is 3.41. The minimum atomic E-state index is 0.0371. The average molecular weight is 260 g/mol. The van der Waals surface area contributed by atoms with Crippen molar-refractivity contribution < 1.29 is 0 Å². The zero-order valence-corrected chi connectivity index (χ0v) is 12.4. The van der Waals surface area contributed by atoms with Crippen LogP contribution in [0.5, 0.6) is 0 Å². The molecule has 3 rings (SSSR count). The van der Waals surface area contributed by atoms with Crippen LogP contribution in [-0.2, 0) is 5.41 Å². The Kier molecular flexibility index (Phi) is 2.90. The number of fused-ring (bicyclic) bond motifs is 3. The van der Waals surface area contributed by atoms with Gasteiger partial charge in [0, 0.05) is 5.41 Å². The minimum absolute atomic E-state index is 0.0371. The summed E-state index contributed by atoms with van der Waals surface area (Å²) in [6.45, 7) is 10.6. The largest absolute Gasteiger partial charge is 0.0991 e. The first-order valence-corrected chi connectivity index (χ1v) is 7.13. The van der Waals surface area contributed by atoms with Crippen LogP contribution < -0.4 is 0 Å². The van der Waals surface area contributed by atoms with Gasteiger partial charge in [-0.3, -0.25) is 0 Å². The maximum Gasteiger partial charge on any atom is 0.0158 e. The molecule has 0 atom stereocenters. The van der Waals surface area contributed by atoms with Crippen LogP contribution >= 0.6 is 0 Å². The molecule has 0 saturated heterocycles. The topological polar surface area (TPSA) is 0 Å². The van der Waals surface area contributed by atoms with Crippen molar-refractivity contribution in [2.45, 2.75) is 26.2 Å². The summed E-state index contributed by atoms with van der Waals surface area (Å²) in [5.74, 6) is 0. The molecule has 2 aromatic carbocycles. The summed E-state index contributed by atoms with van der Waals surface area (Å²) in [5, 5.41) is 2.65. The van der Waals surface area contributed by atoms with Gasteiger partial charge in [-0.1, -0.05) is 75.1 Å². The van der Waals surface area contributed by atoms with Crippen molar-refractivity contribution in [1.29, 1.82) is 0 Å². The van der Waals surface area contributed by atoms with E-state index < -0.39 is 0 Å². The first-order valence-electron chi connectivity index (χ1n) is 7.13. The number of rotatable bonds is 1. The standard InChI is InChI=1S/C20H20/c1-5-9-17-15(6-2)19-16-11-8-7-10-14(16)12-13-18(19)20(17,3)4/h5-13H,1H2,2-4H3/b15-6+,17-9+. The zero-order chi connectivity index (χ0) is 14.3. The molecule has 0 nitrogen and oxygen atoms in total. The average Bonchev–Trinajstić information content (AvgIpc) is 2.68. The summed E-state index contributed by atoms with van der Waals surface area (Å²) in [5.41, 5.74) is 5.55. The van der Waals surface area contributed by atoms with E-state index >= 15 is 0 Å². The Labute approximate surface area is 121 Å². The van der Waals surface area contributed by atoms with Crippen LogP contribution in [0.25, 0.3) is 16.3 Å². The summed E-state index contributed by atoms with van der Waals surface area (Å²) in [4.78, 5) is 0. The van der Waals surface area contributed by atoms with Gasteiger partial charge < -0.3 is 0 Å². The number of benzene rings is 2. The van der Waals surface area contributed by atoms with Crippen LogP contribution in [-0.4, -0.2) is 0 Å². The van der Waals surface area contributed by atoms with E-state index in [1.54, 1.807) is 0 Å². The Hall–Kier alpha value is -2.08. The number of hydrogen-bond acceptors (Lipinski definition) is 0. The van der Waals surface area contributed by atoms with E-state index in [1.165, 1.54) is 33.0 Å². The van der Waals surface area contributed by atoms with E-state index in [2.05, 4.69) is 75.9 Å². The molecule has 2 aromatic rings. The summed E-state index contributed by atoms with van der Waals surface area (Å²) < 4.78 is 0. The molecule has 0 aliphatic heterocycles. The van der Waals surface area contributed by atoms with Gasteiger partial charge >= 0.3 is 0 Å². The third-order valence-corrected chi connectivity index (χ3v) is 4.41. The highest BCUT2D eigenvalue weighted by molar-refractivity contribution is 6.03. The van der Waals surface area contributed by atoms with Gasteiger partial charge in [0.05, 0.1) is 0 Å². The molecule has 0 spiro atoms. The minimum Gasteiger partial charge on any atom is -0.0991 e. The molecule has 1 aliphatic carbocycles. The molecular weight excluding hydrogens is 240 g/mol. The van der Waals surface area contributed by atoms with Gasteiger partial charge in [0.2, 0.25) is 0 Å². The Morgan fingerprint density at radius 2 is 1.80 bits per heavy atom. The van der Waals surface area contributed by atoms with Crippen LogP contribution in [0, 0.1) is 0 Å². The third-order valence-electron chi connectivity index (χ3n) is 4.41. The summed E-state index contributed by atoms with van der Waals surface area (Å²) >= 11 is 0. The number of hydrogen-bond donors (Lipinski definition) is 0. The van der Waals surface area contributed by atoms with E-state index in [1.807, 2.05) is 6.08 Å². The summed E-state index contributed by atoms with van der Waals surface area (Å²) in [7, 11) is 0. The van der Waals surface area contributed by atoms with Gasteiger partial charge in [-0.05, 0) is 40.0 Å². The Morgan fingerprint density at radius 3 is 2.50 bits per heavy atom. The lowest BCUT2D eigenvalue weighted by Crippen LogP contribution is -2.14. The molecule has 0 heterocycles. The molecule has 0 aromatic heterocycles. The van der Waals surface area contributed by atoms with Crippen molar-refractivity contribution in [3.63, 3.8) is 0 Å². The molecule has 0 bridgehead atoms. The summed E-state index contributed by atoms with van der Waals surface area (Å²) in [6, 6.07) is 13.2. The smallest absolute Gasteiger partial charge is 0.0158 e. The second-order valence-electron chi connectivity index (χ2n) is 5.85. The third kappa shape index (κ3) is 1.61. The van der Waals surface area contributed by atoms with Crippen LogP contribution in [0.4, 0.5) is 0 Å². The monoisotopic (exact) mass is 260 g/mol. The van der Waals surface area contributed by atoms with Crippen molar-refractivity contribution in [1.82, 2.24) is 0 Å². The highest BCUT2D eigenvalue weighted by atomic mass is 14.4. The van der Waals surface area contributed by atoms with E-state index in [0.717, 1.165) is 0 Å². The molecular formula is C20H20. The fourth-order valence-electron chi connectivity index (χ4n) is 3.41. The van der Waals surface area contributed by atoms with E-state index in [4.69, 9.17) is 0 Å². The van der Waals surface area contributed by atoms with E-state index in [0.29, 0.717) is 0 Å². The van der Waals surface area contributed by atoms with Crippen molar-refractivity contribution in [3.05, 3.63) is 77.9 Å². The Morgan fingerprint density at radius 1 is 1.05 bits per heavy atom.